The van der Waals surface area contributed by atoms with Crippen LogP contribution < -0.4 is 11.0 Å². The fraction of sp³-hybridized carbons (Fsp3) is 0.533. The van der Waals surface area contributed by atoms with Crippen molar-refractivity contribution in [2.75, 3.05) is 6.54 Å². The number of rotatable bonds is 6. The van der Waals surface area contributed by atoms with Gasteiger partial charge in [-0.1, -0.05) is 19.9 Å². The van der Waals surface area contributed by atoms with Gasteiger partial charge in [-0.15, -0.1) is 5.10 Å². The van der Waals surface area contributed by atoms with Gasteiger partial charge in [-0.3, -0.25) is 9.20 Å². The molecule has 120 valence electrons. The minimum absolute atomic E-state index is 0.120. The average Bonchev–Trinajstić information content (AvgIpc) is 2.73. The second-order valence-electron chi connectivity index (χ2n) is 6.36. The van der Waals surface area contributed by atoms with Gasteiger partial charge in [0.15, 0.2) is 5.65 Å². The van der Waals surface area contributed by atoms with Crippen molar-refractivity contribution >= 4 is 11.6 Å². The molecule has 0 aromatic carbocycles. The molecular formula is C15H22N4O3. The maximum absolute atomic E-state index is 12.1. The van der Waals surface area contributed by atoms with Crippen molar-refractivity contribution in [3.63, 3.8) is 0 Å². The fourth-order valence-electron chi connectivity index (χ4n) is 2.47. The Morgan fingerprint density at radius 2 is 2.18 bits per heavy atom. The molecule has 2 heterocycles. The monoisotopic (exact) mass is 306 g/mol. The maximum atomic E-state index is 12.1. The van der Waals surface area contributed by atoms with Gasteiger partial charge < -0.3 is 10.4 Å². The Labute approximate surface area is 128 Å². The van der Waals surface area contributed by atoms with Crippen LogP contribution in [0.2, 0.25) is 0 Å². The molecule has 1 atom stereocenters. The van der Waals surface area contributed by atoms with Crippen LogP contribution >= 0.6 is 0 Å². The van der Waals surface area contributed by atoms with Crippen molar-refractivity contribution in [1.82, 2.24) is 19.5 Å². The first-order valence-corrected chi connectivity index (χ1v) is 7.27. The first-order chi connectivity index (χ1) is 10.3. The van der Waals surface area contributed by atoms with Crippen LogP contribution in [0, 0.1) is 5.41 Å². The first kappa shape index (κ1) is 16.2. The van der Waals surface area contributed by atoms with E-state index in [4.69, 9.17) is 0 Å². The number of aliphatic hydroxyl groups excluding tert-OH is 1. The number of hydrogen-bond donors (Lipinski definition) is 2. The molecule has 0 aliphatic carbocycles. The molecule has 0 saturated carbocycles. The summed E-state index contributed by atoms with van der Waals surface area (Å²) < 4.78 is 2.54. The first-order valence-electron chi connectivity index (χ1n) is 7.27. The lowest BCUT2D eigenvalue weighted by atomic mass is 9.87. The molecule has 0 aliphatic heterocycles. The number of nitrogens with one attached hydrogen (secondary N) is 1. The molecule has 0 saturated heterocycles. The van der Waals surface area contributed by atoms with Gasteiger partial charge in [-0.25, -0.2) is 9.48 Å². The third-order valence-corrected chi connectivity index (χ3v) is 3.39. The molecule has 7 nitrogen and oxygen atoms in total. The van der Waals surface area contributed by atoms with Gasteiger partial charge in [0.05, 0.1) is 6.10 Å². The molecule has 22 heavy (non-hydrogen) atoms. The predicted octanol–water partition coefficient (Wildman–Crippen LogP) is 0.409. The third kappa shape index (κ3) is 3.94. The van der Waals surface area contributed by atoms with Crippen molar-refractivity contribution in [2.24, 2.45) is 5.41 Å². The van der Waals surface area contributed by atoms with Gasteiger partial charge in [0.1, 0.15) is 6.54 Å². The molecule has 2 aromatic heterocycles. The van der Waals surface area contributed by atoms with Gasteiger partial charge in [-0.2, -0.15) is 0 Å². The average molecular weight is 306 g/mol. The molecule has 7 heteroatoms. The number of amides is 1. The number of pyridine rings is 1. The highest BCUT2D eigenvalue weighted by Crippen LogP contribution is 2.20. The standard InChI is InChI=1S/C15H22N4O3/c1-11(20)8-15(2,3)10-16-13(21)9-19-14(22)18-7-5-4-6-12(18)17-19/h4-7,11,20H,8-10H2,1-3H3,(H,16,21). The van der Waals surface area contributed by atoms with Crippen LogP contribution in [0.1, 0.15) is 27.2 Å². The second-order valence-corrected chi connectivity index (χ2v) is 6.36. The van der Waals surface area contributed by atoms with E-state index in [-0.39, 0.29) is 23.6 Å². The van der Waals surface area contributed by atoms with Crippen LogP contribution in [0.15, 0.2) is 29.2 Å². The number of carbonyl (C=O) groups excluding carboxylic acids is 1. The topological polar surface area (TPSA) is 88.6 Å². The van der Waals surface area contributed by atoms with E-state index in [9.17, 15) is 14.7 Å². The zero-order valence-electron chi connectivity index (χ0n) is 13.1. The summed E-state index contributed by atoms with van der Waals surface area (Å²) in [5.74, 6) is -0.274. The van der Waals surface area contributed by atoms with E-state index in [1.165, 1.54) is 4.40 Å². The quantitative estimate of drug-likeness (QED) is 0.809. The summed E-state index contributed by atoms with van der Waals surface area (Å²) in [6, 6.07) is 5.23. The zero-order chi connectivity index (χ0) is 16.3. The second kappa shape index (κ2) is 6.31. The molecular weight excluding hydrogens is 284 g/mol. The molecule has 0 fully saturated rings. The highest BCUT2D eigenvalue weighted by molar-refractivity contribution is 5.75. The number of nitrogens with zero attached hydrogens (tertiary/aromatic N) is 3. The lowest BCUT2D eigenvalue weighted by molar-refractivity contribution is -0.122. The normalized spacial score (nSPS) is 13.3. The lowest BCUT2D eigenvalue weighted by Gasteiger charge is -2.26. The molecule has 2 rings (SSSR count). The van der Waals surface area contributed by atoms with E-state index in [1.807, 2.05) is 13.8 Å². The highest BCUT2D eigenvalue weighted by Gasteiger charge is 2.21. The summed E-state index contributed by atoms with van der Waals surface area (Å²) in [4.78, 5) is 24.1. The van der Waals surface area contributed by atoms with E-state index in [1.54, 1.807) is 31.3 Å². The van der Waals surface area contributed by atoms with Crippen molar-refractivity contribution in [2.45, 2.75) is 39.8 Å². The van der Waals surface area contributed by atoms with Crippen LogP contribution in [0.4, 0.5) is 0 Å². The van der Waals surface area contributed by atoms with Crippen LogP contribution in [0.25, 0.3) is 5.65 Å². The molecule has 1 unspecified atom stereocenters. The Kier molecular flexibility index (Phi) is 4.65. The smallest absolute Gasteiger partial charge is 0.350 e. The Morgan fingerprint density at radius 3 is 2.82 bits per heavy atom. The minimum atomic E-state index is -0.423. The van der Waals surface area contributed by atoms with Crippen molar-refractivity contribution in [3.8, 4) is 0 Å². The highest BCUT2D eigenvalue weighted by atomic mass is 16.3. The van der Waals surface area contributed by atoms with Gasteiger partial charge in [0.2, 0.25) is 5.91 Å². The van der Waals surface area contributed by atoms with Crippen LogP contribution in [0.5, 0.6) is 0 Å². The number of carbonyl (C=O) groups is 1. The van der Waals surface area contributed by atoms with E-state index in [0.29, 0.717) is 18.6 Å². The number of hydrogen-bond acceptors (Lipinski definition) is 4. The summed E-state index contributed by atoms with van der Waals surface area (Å²) in [5, 5.41) is 16.3. The Morgan fingerprint density at radius 1 is 1.45 bits per heavy atom. The molecule has 2 N–H and O–H groups in total. The molecule has 0 bridgehead atoms. The van der Waals surface area contributed by atoms with Gasteiger partial charge in [-0.05, 0) is 30.9 Å². The van der Waals surface area contributed by atoms with E-state index >= 15 is 0 Å². The van der Waals surface area contributed by atoms with E-state index < -0.39 is 6.10 Å². The number of aromatic nitrogens is 3. The van der Waals surface area contributed by atoms with Crippen molar-refractivity contribution < 1.29 is 9.90 Å². The number of aliphatic hydroxyl groups is 1. The summed E-state index contributed by atoms with van der Waals surface area (Å²) in [5.41, 5.74) is -0.0445. The molecule has 0 radical (unpaired) electrons. The third-order valence-electron chi connectivity index (χ3n) is 3.39. The van der Waals surface area contributed by atoms with Crippen LogP contribution in [-0.4, -0.2) is 37.8 Å². The maximum Gasteiger partial charge on any atom is 0.350 e. The van der Waals surface area contributed by atoms with Gasteiger partial charge in [0.25, 0.3) is 0 Å². The molecule has 1 amide bonds. The summed E-state index contributed by atoms with van der Waals surface area (Å²) >= 11 is 0. The minimum Gasteiger partial charge on any atom is -0.393 e. The van der Waals surface area contributed by atoms with E-state index in [2.05, 4.69) is 10.4 Å². The predicted molar refractivity (Wildman–Crippen MR) is 82.5 cm³/mol. The van der Waals surface area contributed by atoms with Gasteiger partial charge >= 0.3 is 5.69 Å². The number of fused-ring (bicyclic) bond motifs is 1. The lowest BCUT2D eigenvalue weighted by Crippen LogP contribution is -2.39. The largest absolute Gasteiger partial charge is 0.393 e. The van der Waals surface area contributed by atoms with E-state index in [0.717, 1.165) is 4.68 Å². The molecule has 0 aliphatic rings. The van der Waals surface area contributed by atoms with Crippen LogP contribution in [-0.2, 0) is 11.3 Å². The summed E-state index contributed by atoms with van der Waals surface area (Å²) in [7, 11) is 0. The molecule has 0 spiro atoms. The van der Waals surface area contributed by atoms with Crippen LogP contribution in [0.3, 0.4) is 0 Å². The Balaban J connectivity index is 1.99. The SMILES string of the molecule is CC(O)CC(C)(C)CNC(=O)Cn1nc2ccccn2c1=O. The van der Waals surface area contributed by atoms with Gasteiger partial charge in [0, 0.05) is 12.7 Å². The molecule has 2 aromatic rings. The Bertz CT molecular complexity index is 715. The van der Waals surface area contributed by atoms with Crippen molar-refractivity contribution in [1.29, 1.82) is 0 Å². The zero-order valence-corrected chi connectivity index (χ0v) is 13.1. The summed E-state index contributed by atoms with van der Waals surface area (Å²) in [6.07, 6.45) is 1.78. The summed E-state index contributed by atoms with van der Waals surface area (Å²) in [6.45, 7) is 5.97. The van der Waals surface area contributed by atoms with Crippen molar-refractivity contribution in [3.05, 3.63) is 34.9 Å². The fourth-order valence-corrected chi connectivity index (χ4v) is 2.47. The Hall–Kier alpha value is -2.15.